The molecule has 2 rings (SSSR count). The zero-order chi connectivity index (χ0) is 10.8. The van der Waals surface area contributed by atoms with Gasteiger partial charge in [0.05, 0.1) is 18.2 Å². The van der Waals surface area contributed by atoms with Gasteiger partial charge in [0.1, 0.15) is 0 Å². The summed E-state index contributed by atoms with van der Waals surface area (Å²) >= 11 is 0. The van der Waals surface area contributed by atoms with Gasteiger partial charge in [0.15, 0.2) is 0 Å². The summed E-state index contributed by atoms with van der Waals surface area (Å²) in [5.41, 5.74) is 1.15. The van der Waals surface area contributed by atoms with Gasteiger partial charge in [-0.25, -0.2) is 5.01 Å². The fourth-order valence-corrected chi connectivity index (χ4v) is 2.47. The first kappa shape index (κ1) is 10.7. The van der Waals surface area contributed by atoms with E-state index in [0.29, 0.717) is 12.3 Å². The SMILES string of the molecule is CCC(C)N1N=C(C2CCCC2)CC1=O. The molecule has 1 saturated carbocycles. The number of rotatable bonds is 3. The van der Waals surface area contributed by atoms with Gasteiger partial charge >= 0.3 is 0 Å². The fraction of sp³-hybridized carbons (Fsp3) is 0.833. The quantitative estimate of drug-likeness (QED) is 0.701. The predicted molar refractivity (Wildman–Crippen MR) is 60.6 cm³/mol. The van der Waals surface area contributed by atoms with Gasteiger partial charge in [-0.2, -0.15) is 5.10 Å². The third kappa shape index (κ3) is 2.06. The Kier molecular flexibility index (Phi) is 3.08. The molecule has 1 aliphatic carbocycles. The highest BCUT2D eigenvalue weighted by Gasteiger charge is 2.32. The Balaban J connectivity index is 2.05. The number of carbonyl (C=O) groups is 1. The molecular weight excluding hydrogens is 188 g/mol. The van der Waals surface area contributed by atoms with Gasteiger partial charge in [-0.1, -0.05) is 19.8 Å². The largest absolute Gasteiger partial charge is 0.273 e. The van der Waals surface area contributed by atoms with Crippen LogP contribution in [0.2, 0.25) is 0 Å². The lowest BCUT2D eigenvalue weighted by Crippen LogP contribution is -2.29. The first-order valence-corrected chi connectivity index (χ1v) is 6.11. The van der Waals surface area contributed by atoms with E-state index in [1.807, 2.05) is 0 Å². The van der Waals surface area contributed by atoms with Crippen molar-refractivity contribution >= 4 is 11.6 Å². The van der Waals surface area contributed by atoms with Crippen LogP contribution in [-0.2, 0) is 4.79 Å². The van der Waals surface area contributed by atoms with E-state index in [1.54, 1.807) is 5.01 Å². The molecular formula is C12H20N2O. The second kappa shape index (κ2) is 4.33. The summed E-state index contributed by atoms with van der Waals surface area (Å²) < 4.78 is 0. The minimum absolute atomic E-state index is 0.200. The summed E-state index contributed by atoms with van der Waals surface area (Å²) in [7, 11) is 0. The third-order valence-corrected chi connectivity index (χ3v) is 3.66. The van der Waals surface area contributed by atoms with Gasteiger partial charge in [0.2, 0.25) is 5.91 Å². The maximum Gasteiger partial charge on any atom is 0.248 e. The molecule has 1 atom stereocenters. The van der Waals surface area contributed by atoms with E-state index in [4.69, 9.17) is 0 Å². The number of carbonyl (C=O) groups excluding carboxylic acids is 1. The molecule has 0 spiro atoms. The zero-order valence-electron chi connectivity index (χ0n) is 9.70. The molecule has 0 bridgehead atoms. The molecule has 0 aromatic heterocycles. The summed E-state index contributed by atoms with van der Waals surface area (Å²) in [6.07, 6.45) is 6.64. The lowest BCUT2D eigenvalue weighted by molar-refractivity contribution is -0.130. The van der Waals surface area contributed by atoms with Crippen LogP contribution in [0.15, 0.2) is 5.10 Å². The second-order valence-electron chi connectivity index (χ2n) is 4.75. The molecule has 3 heteroatoms. The van der Waals surface area contributed by atoms with Crippen molar-refractivity contribution in [2.75, 3.05) is 0 Å². The minimum Gasteiger partial charge on any atom is -0.273 e. The first-order chi connectivity index (χ1) is 7.22. The van der Waals surface area contributed by atoms with Crippen LogP contribution in [0.5, 0.6) is 0 Å². The molecule has 84 valence electrons. The zero-order valence-corrected chi connectivity index (χ0v) is 9.70. The normalized spacial score (nSPS) is 24.8. The van der Waals surface area contributed by atoms with E-state index in [0.717, 1.165) is 12.1 Å². The van der Waals surface area contributed by atoms with Gasteiger partial charge in [-0.15, -0.1) is 0 Å². The van der Waals surface area contributed by atoms with Crippen LogP contribution >= 0.6 is 0 Å². The van der Waals surface area contributed by atoms with Crippen LogP contribution in [0.25, 0.3) is 0 Å². The Morgan fingerprint density at radius 1 is 1.47 bits per heavy atom. The van der Waals surface area contributed by atoms with Crippen molar-refractivity contribution in [2.45, 2.75) is 58.4 Å². The Hall–Kier alpha value is -0.860. The molecule has 3 nitrogen and oxygen atoms in total. The highest BCUT2D eigenvalue weighted by molar-refractivity contribution is 6.06. The lowest BCUT2D eigenvalue weighted by atomic mass is 10.00. The van der Waals surface area contributed by atoms with Gasteiger partial charge in [-0.05, 0) is 32.1 Å². The Morgan fingerprint density at radius 3 is 2.73 bits per heavy atom. The van der Waals surface area contributed by atoms with E-state index in [2.05, 4.69) is 18.9 Å². The van der Waals surface area contributed by atoms with Crippen molar-refractivity contribution in [3.8, 4) is 0 Å². The Labute approximate surface area is 91.5 Å². The van der Waals surface area contributed by atoms with Gasteiger partial charge in [0, 0.05) is 0 Å². The monoisotopic (exact) mass is 208 g/mol. The summed E-state index contributed by atoms with van der Waals surface area (Å²) in [4.78, 5) is 11.8. The molecule has 15 heavy (non-hydrogen) atoms. The third-order valence-electron chi connectivity index (χ3n) is 3.66. The van der Waals surface area contributed by atoms with Crippen molar-refractivity contribution < 1.29 is 4.79 Å². The number of hydrazone groups is 1. The average Bonchev–Trinajstić information content (AvgIpc) is 2.84. The standard InChI is InChI=1S/C12H20N2O/c1-3-9(2)14-12(15)8-11(13-14)10-6-4-5-7-10/h9-10H,3-8H2,1-2H3. The maximum atomic E-state index is 11.8. The van der Waals surface area contributed by atoms with E-state index in [1.165, 1.54) is 25.7 Å². The van der Waals surface area contributed by atoms with E-state index in [9.17, 15) is 4.79 Å². The van der Waals surface area contributed by atoms with Crippen LogP contribution in [0.3, 0.4) is 0 Å². The molecule has 2 aliphatic rings. The number of hydrogen-bond donors (Lipinski definition) is 0. The maximum absolute atomic E-state index is 11.8. The van der Waals surface area contributed by atoms with Crippen LogP contribution in [0.4, 0.5) is 0 Å². The predicted octanol–water partition coefficient (Wildman–Crippen LogP) is 2.56. The van der Waals surface area contributed by atoms with Crippen molar-refractivity contribution in [3.05, 3.63) is 0 Å². The number of nitrogens with zero attached hydrogens (tertiary/aromatic N) is 2. The summed E-state index contributed by atoms with van der Waals surface area (Å²) in [6, 6.07) is 0.261. The smallest absolute Gasteiger partial charge is 0.248 e. The molecule has 1 heterocycles. The molecule has 0 saturated heterocycles. The highest BCUT2D eigenvalue weighted by atomic mass is 16.2. The molecule has 0 radical (unpaired) electrons. The van der Waals surface area contributed by atoms with E-state index < -0.39 is 0 Å². The number of hydrogen-bond acceptors (Lipinski definition) is 2. The fourth-order valence-electron chi connectivity index (χ4n) is 2.47. The summed E-state index contributed by atoms with van der Waals surface area (Å²) in [5.74, 6) is 0.800. The lowest BCUT2D eigenvalue weighted by Gasteiger charge is -2.18. The van der Waals surface area contributed by atoms with Crippen molar-refractivity contribution in [1.82, 2.24) is 5.01 Å². The highest BCUT2D eigenvalue weighted by Crippen LogP contribution is 2.30. The Bertz CT molecular complexity index is 279. The molecule has 1 unspecified atom stereocenters. The van der Waals surface area contributed by atoms with Crippen LogP contribution in [-0.4, -0.2) is 22.7 Å². The summed E-state index contributed by atoms with van der Waals surface area (Å²) in [5, 5.41) is 6.22. The molecule has 0 N–H and O–H groups in total. The van der Waals surface area contributed by atoms with E-state index >= 15 is 0 Å². The molecule has 0 aromatic rings. The summed E-state index contributed by atoms with van der Waals surface area (Å²) in [6.45, 7) is 4.17. The van der Waals surface area contributed by atoms with Crippen LogP contribution < -0.4 is 0 Å². The van der Waals surface area contributed by atoms with Crippen LogP contribution in [0.1, 0.15) is 52.4 Å². The molecule has 1 aliphatic heterocycles. The molecule has 0 aromatic carbocycles. The van der Waals surface area contributed by atoms with Crippen LogP contribution in [0, 0.1) is 5.92 Å². The van der Waals surface area contributed by atoms with Gasteiger partial charge in [0.25, 0.3) is 0 Å². The van der Waals surface area contributed by atoms with Gasteiger partial charge in [-0.3, -0.25) is 4.79 Å². The average molecular weight is 208 g/mol. The number of amides is 1. The molecule has 1 amide bonds. The topological polar surface area (TPSA) is 32.7 Å². The van der Waals surface area contributed by atoms with Crippen molar-refractivity contribution in [1.29, 1.82) is 0 Å². The second-order valence-corrected chi connectivity index (χ2v) is 4.75. The van der Waals surface area contributed by atoms with Crippen molar-refractivity contribution in [2.24, 2.45) is 11.0 Å². The Morgan fingerprint density at radius 2 is 2.13 bits per heavy atom. The minimum atomic E-state index is 0.200. The van der Waals surface area contributed by atoms with E-state index in [-0.39, 0.29) is 11.9 Å². The molecule has 1 fully saturated rings. The first-order valence-electron chi connectivity index (χ1n) is 6.11. The van der Waals surface area contributed by atoms with Crippen molar-refractivity contribution in [3.63, 3.8) is 0 Å². The van der Waals surface area contributed by atoms with Gasteiger partial charge < -0.3 is 0 Å².